The van der Waals surface area contributed by atoms with Crippen molar-refractivity contribution in [3.8, 4) is 5.75 Å². The molecule has 0 unspecified atom stereocenters. The number of para-hydroxylation sites is 1. The van der Waals surface area contributed by atoms with Gasteiger partial charge >= 0.3 is 0 Å². The van der Waals surface area contributed by atoms with Crippen LogP contribution in [-0.4, -0.2) is 23.2 Å². The highest BCUT2D eigenvalue weighted by atomic mass is 16.5. The molecule has 4 heteroatoms. The number of benzene rings is 1. The maximum atomic E-state index is 9.50. The molecule has 1 N–H and O–H groups in total. The summed E-state index contributed by atoms with van der Waals surface area (Å²) in [6.07, 6.45) is 1.29. The van der Waals surface area contributed by atoms with Crippen LogP contribution in [0.2, 0.25) is 0 Å². The van der Waals surface area contributed by atoms with Gasteiger partial charge in [0.2, 0.25) is 0 Å². The van der Waals surface area contributed by atoms with E-state index in [1.165, 1.54) is 5.56 Å². The molecule has 0 bridgehead atoms. The molecule has 1 aromatic carbocycles. The Morgan fingerprint density at radius 1 is 1.25 bits per heavy atom. The van der Waals surface area contributed by atoms with Crippen molar-refractivity contribution in [3.63, 3.8) is 0 Å². The first-order chi connectivity index (χ1) is 9.74. The number of hydrogen-bond acceptors (Lipinski definition) is 4. The molecule has 0 fully saturated rings. The molecule has 2 heterocycles. The minimum Gasteiger partial charge on any atom is -0.491 e. The maximum Gasteiger partial charge on any atom is 0.124 e. The fourth-order valence-corrected chi connectivity index (χ4v) is 2.38. The molecule has 1 aliphatic heterocycles. The minimum absolute atomic E-state index is 0.530. The van der Waals surface area contributed by atoms with Crippen LogP contribution < -0.4 is 9.64 Å². The summed E-state index contributed by atoms with van der Waals surface area (Å²) >= 11 is 0. The molecule has 4 nitrogen and oxygen atoms in total. The lowest BCUT2D eigenvalue weighted by Crippen LogP contribution is -2.25. The third-order valence-corrected chi connectivity index (χ3v) is 3.52. The highest BCUT2D eigenvalue weighted by Crippen LogP contribution is 2.26. The minimum atomic E-state index is -0.530. The van der Waals surface area contributed by atoms with Crippen molar-refractivity contribution in [1.82, 2.24) is 4.98 Å². The van der Waals surface area contributed by atoms with Gasteiger partial charge in [0.05, 0.1) is 30.2 Å². The second-order valence-electron chi connectivity index (χ2n) is 4.99. The number of aliphatic hydroxyl groups excluding tert-OH is 1. The largest absolute Gasteiger partial charge is 0.491 e. The van der Waals surface area contributed by atoms with E-state index in [1.54, 1.807) is 6.92 Å². The number of fused-ring (bicyclic) bond motifs is 1. The molecule has 0 aliphatic carbocycles. The molecule has 0 saturated carbocycles. The highest BCUT2D eigenvalue weighted by Gasteiger charge is 2.15. The normalized spacial score (nSPS) is 16.0. The van der Waals surface area contributed by atoms with Crippen LogP contribution in [0.3, 0.4) is 0 Å². The van der Waals surface area contributed by atoms with Gasteiger partial charge in [-0.3, -0.25) is 4.98 Å². The third kappa shape index (κ3) is 2.60. The summed E-state index contributed by atoms with van der Waals surface area (Å²) in [4.78, 5) is 6.55. The standard InChI is InChI=1S/C16H18N2O2/c1-12(19)15-7-6-14(10-17-15)18-8-9-20-16-5-3-2-4-13(16)11-18/h2-7,10,12,19H,8-9,11H2,1H3/t12-/m1/s1. The summed E-state index contributed by atoms with van der Waals surface area (Å²) < 4.78 is 5.76. The summed E-state index contributed by atoms with van der Waals surface area (Å²) in [6.45, 7) is 4.02. The molecule has 0 radical (unpaired) electrons. The van der Waals surface area contributed by atoms with Crippen LogP contribution in [0.1, 0.15) is 24.3 Å². The number of aliphatic hydroxyl groups is 1. The van der Waals surface area contributed by atoms with Gasteiger partial charge in [0, 0.05) is 12.1 Å². The van der Waals surface area contributed by atoms with E-state index in [0.717, 1.165) is 24.5 Å². The van der Waals surface area contributed by atoms with Crippen molar-refractivity contribution in [2.24, 2.45) is 0 Å². The van der Waals surface area contributed by atoms with Crippen molar-refractivity contribution in [2.75, 3.05) is 18.1 Å². The first kappa shape index (κ1) is 12.9. The van der Waals surface area contributed by atoms with E-state index in [4.69, 9.17) is 4.74 Å². The number of nitrogens with zero attached hydrogens (tertiary/aromatic N) is 2. The number of hydrogen-bond donors (Lipinski definition) is 1. The molecular formula is C16H18N2O2. The van der Waals surface area contributed by atoms with E-state index in [1.807, 2.05) is 36.5 Å². The number of pyridine rings is 1. The number of anilines is 1. The molecular weight excluding hydrogens is 252 g/mol. The van der Waals surface area contributed by atoms with E-state index >= 15 is 0 Å². The second kappa shape index (κ2) is 5.51. The van der Waals surface area contributed by atoms with Gasteiger partial charge in [0.25, 0.3) is 0 Å². The van der Waals surface area contributed by atoms with Crippen molar-refractivity contribution in [1.29, 1.82) is 0 Å². The molecule has 1 atom stereocenters. The number of aromatic nitrogens is 1. The Morgan fingerprint density at radius 3 is 2.85 bits per heavy atom. The zero-order chi connectivity index (χ0) is 13.9. The lowest BCUT2D eigenvalue weighted by molar-refractivity contribution is 0.194. The lowest BCUT2D eigenvalue weighted by Gasteiger charge is -2.22. The molecule has 0 saturated heterocycles. The first-order valence-corrected chi connectivity index (χ1v) is 6.84. The summed E-state index contributed by atoms with van der Waals surface area (Å²) in [7, 11) is 0. The highest BCUT2D eigenvalue weighted by molar-refractivity contribution is 5.48. The van der Waals surface area contributed by atoms with E-state index in [9.17, 15) is 5.11 Å². The van der Waals surface area contributed by atoms with Crippen molar-refractivity contribution in [2.45, 2.75) is 19.6 Å². The Bertz CT molecular complexity index is 581. The van der Waals surface area contributed by atoms with Crippen LogP contribution >= 0.6 is 0 Å². The number of ether oxygens (including phenoxy) is 1. The van der Waals surface area contributed by atoms with E-state index < -0.39 is 6.10 Å². The molecule has 2 aromatic rings. The average Bonchev–Trinajstić information content (AvgIpc) is 2.69. The van der Waals surface area contributed by atoms with E-state index in [2.05, 4.69) is 16.0 Å². The van der Waals surface area contributed by atoms with E-state index in [0.29, 0.717) is 12.3 Å². The Hall–Kier alpha value is -2.07. The van der Waals surface area contributed by atoms with Gasteiger partial charge in [-0.1, -0.05) is 18.2 Å². The fraction of sp³-hybridized carbons (Fsp3) is 0.312. The van der Waals surface area contributed by atoms with Crippen LogP contribution in [0.5, 0.6) is 5.75 Å². The van der Waals surface area contributed by atoms with Crippen LogP contribution in [0.25, 0.3) is 0 Å². The Labute approximate surface area is 118 Å². The zero-order valence-electron chi connectivity index (χ0n) is 11.5. The Kier molecular flexibility index (Phi) is 3.56. The monoisotopic (exact) mass is 270 g/mol. The summed E-state index contributed by atoms with van der Waals surface area (Å²) in [6, 6.07) is 12.0. The van der Waals surface area contributed by atoms with Crippen LogP contribution in [0.15, 0.2) is 42.6 Å². The van der Waals surface area contributed by atoms with Crippen molar-refractivity contribution in [3.05, 3.63) is 53.9 Å². The van der Waals surface area contributed by atoms with Gasteiger partial charge in [-0.15, -0.1) is 0 Å². The predicted octanol–water partition coefficient (Wildman–Crippen LogP) is 2.53. The van der Waals surface area contributed by atoms with Gasteiger partial charge < -0.3 is 14.7 Å². The number of rotatable bonds is 2. The van der Waals surface area contributed by atoms with Gasteiger partial charge in [0.15, 0.2) is 0 Å². The van der Waals surface area contributed by atoms with E-state index in [-0.39, 0.29) is 0 Å². The van der Waals surface area contributed by atoms with Gasteiger partial charge in [-0.2, -0.15) is 0 Å². The van der Waals surface area contributed by atoms with Crippen molar-refractivity contribution >= 4 is 5.69 Å². The molecule has 3 rings (SSSR count). The van der Waals surface area contributed by atoms with Gasteiger partial charge in [0.1, 0.15) is 12.4 Å². The smallest absolute Gasteiger partial charge is 0.124 e. The molecule has 104 valence electrons. The van der Waals surface area contributed by atoms with Crippen molar-refractivity contribution < 1.29 is 9.84 Å². The average molecular weight is 270 g/mol. The summed E-state index contributed by atoms with van der Waals surface area (Å²) in [5.41, 5.74) is 2.93. The van der Waals surface area contributed by atoms with Crippen LogP contribution in [0.4, 0.5) is 5.69 Å². The third-order valence-electron chi connectivity index (χ3n) is 3.52. The fourth-order valence-electron chi connectivity index (χ4n) is 2.38. The second-order valence-corrected chi connectivity index (χ2v) is 4.99. The molecule has 0 spiro atoms. The topological polar surface area (TPSA) is 45.6 Å². The maximum absolute atomic E-state index is 9.50. The molecule has 0 amide bonds. The van der Waals surface area contributed by atoms with Crippen LogP contribution in [-0.2, 0) is 6.54 Å². The lowest BCUT2D eigenvalue weighted by atomic mass is 10.2. The zero-order valence-corrected chi connectivity index (χ0v) is 11.5. The first-order valence-electron chi connectivity index (χ1n) is 6.84. The quantitative estimate of drug-likeness (QED) is 0.911. The summed E-state index contributed by atoms with van der Waals surface area (Å²) in [5, 5.41) is 9.50. The molecule has 1 aliphatic rings. The Balaban J connectivity index is 1.84. The molecule has 1 aromatic heterocycles. The molecule has 20 heavy (non-hydrogen) atoms. The SMILES string of the molecule is C[C@@H](O)c1ccc(N2CCOc3ccccc3C2)cn1. The Morgan fingerprint density at radius 2 is 2.10 bits per heavy atom. The van der Waals surface area contributed by atoms with Gasteiger partial charge in [-0.25, -0.2) is 0 Å². The van der Waals surface area contributed by atoms with Crippen LogP contribution in [0, 0.1) is 0 Å². The summed E-state index contributed by atoms with van der Waals surface area (Å²) in [5.74, 6) is 0.962. The predicted molar refractivity (Wildman–Crippen MR) is 77.9 cm³/mol. The van der Waals surface area contributed by atoms with Gasteiger partial charge in [-0.05, 0) is 25.1 Å².